The summed E-state index contributed by atoms with van der Waals surface area (Å²) in [4.78, 5) is 47.4. The zero-order valence-corrected chi connectivity index (χ0v) is 25.4. The Kier molecular flexibility index (Phi) is 14.9. The molecular weight excluding hydrogens is 580 g/mol. The number of esters is 4. The van der Waals surface area contributed by atoms with E-state index in [4.69, 9.17) is 28.4 Å². The minimum atomic E-state index is -0.626. The topological polar surface area (TPSA) is 124 Å². The highest BCUT2D eigenvalue weighted by atomic mass is 16.6. The van der Waals surface area contributed by atoms with E-state index in [1.165, 1.54) is 6.08 Å². The van der Waals surface area contributed by atoms with Gasteiger partial charge >= 0.3 is 23.9 Å². The third-order valence-electron chi connectivity index (χ3n) is 6.59. The van der Waals surface area contributed by atoms with Crippen LogP contribution >= 0.6 is 0 Å². The lowest BCUT2D eigenvalue weighted by atomic mass is 9.98. The Bertz CT molecular complexity index is 1300. The smallest absolute Gasteiger partial charge is 0.336 e. The highest BCUT2D eigenvalue weighted by Gasteiger charge is 2.20. The molecule has 240 valence electrons. The van der Waals surface area contributed by atoms with Gasteiger partial charge in [-0.2, -0.15) is 0 Å². The van der Waals surface area contributed by atoms with Gasteiger partial charge in [0, 0.05) is 30.6 Å². The second kappa shape index (κ2) is 19.4. The molecule has 45 heavy (non-hydrogen) atoms. The summed E-state index contributed by atoms with van der Waals surface area (Å²) >= 11 is 0. The van der Waals surface area contributed by atoms with Gasteiger partial charge in [0.25, 0.3) is 0 Å². The summed E-state index contributed by atoms with van der Waals surface area (Å²) in [6.45, 7) is 8.03. The van der Waals surface area contributed by atoms with Crippen molar-refractivity contribution in [2.45, 2.75) is 57.5 Å². The lowest BCUT2D eigenvalue weighted by Gasteiger charge is -2.21. The van der Waals surface area contributed by atoms with Gasteiger partial charge in [-0.1, -0.05) is 31.7 Å². The first-order valence-corrected chi connectivity index (χ1v) is 15.0. The van der Waals surface area contributed by atoms with Crippen molar-refractivity contribution >= 4 is 30.0 Å². The summed E-state index contributed by atoms with van der Waals surface area (Å²) in [5.41, 5.74) is 0.855. The third kappa shape index (κ3) is 14.0. The molecule has 0 amide bonds. The van der Waals surface area contributed by atoms with E-state index in [1.807, 2.05) is 0 Å². The van der Waals surface area contributed by atoms with Gasteiger partial charge < -0.3 is 28.4 Å². The molecule has 0 radical (unpaired) electrons. The Morgan fingerprint density at radius 1 is 0.733 bits per heavy atom. The number of carbonyl (C=O) groups is 4. The standard InChI is InChI=1S/C35H40O10/c1-3-32(36)42-23-7-21-40-28-14-11-27(12-15-28)13-20-33(37)44-31-18-16-29(17-19-31)41-22-8-24-43-35(39)26(2)25-34(38)45-30-9-5-4-6-10-30/h3,11-20,30H,1-2,4-10,21-25H2/b20-13+. The van der Waals surface area contributed by atoms with Crippen molar-refractivity contribution in [1.29, 1.82) is 0 Å². The van der Waals surface area contributed by atoms with E-state index < -0.39 is 23.9 Å². The van der Waals surface area contributed by atoms with E-state index in [1.54, 1.807) is 54.6 Å². The summed E-state index contributed by atoms with van der Waals surface area (Å²) in [5.74, 6) is -0.504. The van der Waals surface area contributed by atoms with Crippen molar-refractivity contribution in [2.24, 2.45) is 0 Å². The first-order chi connectivity index (χ1) is 21.8. The quantitative estimate of drug-likeness (QED) is 0.0650. The van der Waals surface area contributed by atoms with Crippen LogP contribution in [0.3, 0.4) is 0 Å². The molecule has 0 aliphatic heterocycles. The van der Waals surface area contributed by atoms with Gasteiger partial charge in [-0.15, -0.1) is 0 Å². The highest BCUT2D eigenvalue weighted by molar-refractivity contribution is 5.93. The molecule has 0 N–H and O–H groups in total. The summed E-state index contributed by atoms with van der Waals surface area (Å²) in [5, 5.41) is 0. The molecule has 3 rings (SSSR count). The molecule has 10 heteroatoms. The predicted octanol–water partition coefficient (Wildman–Crippen LogP) is 5.94. The second-order valence-corrected chi connectivity index (χ2v) is 10.2. The number of carbonyl (C=O) groups excluding carboxylic acids is 4. The molecule has 1 aliphatic carbocycles. The number of benzene rings is 2. The summed E-state index contributed by atoms with van der Waals surface area (Å²) < 4.78 is 32.1. The van der Waals surface area contributed by atoms with E-state index in [0.29, 0.717) is 43.3 Å². The van der Waals surface area contributed by atoms with Crippen LogP contribution in [0.15, 0.2) is 79.4 Å². The number of hydrogen-bond acceptors (Lipinski definition) is 10. The lowest BCUT2D eigenvalue weighted by Crippen LogP contribution is -2.22. The fourth-order valence-electron chi connectivity index (χ4n) is 4.25. The Labute approximate surface area is 263 Å². The largest absolute Gasteiger partial charge is 0.493 e. The van der Waals surface area contributed by atoms with Crippen molar-refractivity contribution in [2.75, 3.05) is 26.4 Å². The van der Waals surface area contributed by atoms with E-state index in [0.717, 1.165) is 43.7 Å². The minimum Gasteiger partial charge on any atom is -0.493 e. The number of hydrogen-bond donors (Lipinski definition) is 0. The molecular formula is C35H40O10. The van der Waals surface area contributed by atoms with Crippen LogP contribution in [-0.2, 0) is 33.4 Å². The summed E-state index contributed by atoms with van der Waals surface area (Å²) in [7, 11) is 0. The van der Waals surface area contributed by atoms with Crippen LogP contribution in [0.2, 0.25) is 0 Å². The van der Waals surface area contributed by atoms with Gasteiger partial charge in [-0.05, 0) is 73.7 Å². The molecule has 0 aromatic heterocycles. The van der Waals surface area contributed by atoms with Crippen molar-refractivity contribution in [3.63, 3.8) is 0 Å². The predicted molar refractivity (Wildman–Crippen MR) is 167 cm³/mol. The maximum atomic E-state index is 12.2. The Balaban J connectivity index is 1.27. The minimum absolute atomic E-state index is 0.0669. The SMILES string of the molecule is C=CC(=O)OCCCOc1ccc(/C=C/C(=O)Oc2ccc(OCCCOC(=O)C(=C)CC(=O)OC3CCCCC3)cc2)cc1. The highest BCUT2D eigenvalue weighted by Crippen LogP contribution is 2.21. The average Bonchev–Trinajstić information content (AvgIpc) is 3.05. The van der Waals surface area contributed by atoms with Crippen molar-refractivity contribution in [1.82, 2.24) is 0 Å². The van der Waals surface area contributed by atoms with E-state index in [-0.39, 0.29) is 31.3 Å². The van der Waals surface area contributed by atoms with E-state index >= 15 is 0 Å². The second-order valence-electron chi connectivity index (χ2n) is 10.2. The lowest BCUT2D eigenvalue weighted by molar-refractivity contribution is -0.151. The van der Waals surface area contributed by atoms with Crippen LogP contribution in [0.5, 0.6) is 17.2 Å². The van der Waals surface area contributed by atoms with Gasteiger partial charge in [0.15, 0.2) is 0 Å². The van der Waals surface area contributed by atoms with Gasteiger partial charge in [0.2, 0.25) is 0 Å². The summed E-state index contributed by atoms with van der Waals surface area (Å²) in [6, 6.07) is 13.7. The molecule has 1 fully saturated rings. The zero-order valence-electron chi connectivity index (χ0n) is 25.4. The molecule has 2 aromatic rings. The number of ether oxygens (including phenoxy) is 6. The zero-order chi connectivity index (χ0) is 32.3. The number of rotatable bonds is 18. The summed E-state index contributed by atoms with van der Waals surface area (Å²) in [6.07, 6.45) is 9.80. The van der Waals surface area contributed by atoms with Crippen LogP contribution in [0.4, 0.5) is 0 Å². The Morgan fingerprint density at radius 2 is 1.31 bits per heavy atom. The molecule has 0 heterocycles. The van der Waals surface area contributed by atoms with Crippen LogP contribution in [0.1, 0.15) is 56.9 Å². The normalized spacial score (nSPS) is 13.0. The molecule has 1 aliphatic rings. The van der Waals surface area contributed by atoms with E-state index in [9.17, 15) is 19.2 Å². The van der Waals surface area contributed by atoms with Gasteiger partial charge in [-0.25, -0.2) is 14.4 Å². The van der Waals surface area contributed by atoms with E-state index in [2.05, 4.69) is 13.2 Å². The maximum absolute atomic E-state index is 12.2. The van der Waals surface area contributed by atoms with Crippen LogP contribution in [0.25, 0.3) is 6.08 Å². The van der Waals surface area contributed by atoms with Gasteiger partial charge in [-0.3, -0.25) is 4.79 Å². The molecule has 0 atom stereocenters. The van der Waals surface area contributed by atoms with Crippen LogP contribution in [0, 0.1) is 0 Å². The van der Waals surface area contributed by atoms with Crippen molar-refractivity contribution < 1.29 is 47.6 Å². The van der Waals surface area contributed by atoms with Gasteiger partial charge in [0.1, 0.15) is 23.4 Å². The maximum Gasteiger partial charge on any atom is 0.336 e. The average molecular weight is 621 g/mol. The Morgan fingerprint density at radius 3 is 1.93 bits per heavy atom. The molecule has 0 unspecified atom stereocenters. The first-order valence-electron chi connectivity index (χ1n) is 15.0. The first kappa shape index (κ1) is 34.6. The molecule has 10 nitrogen and oxygen atoms in total. The van der Waals surface area contributed by atoms with Crippen LogP contribution in [-0.4, -0.2) is 56.4 Å². The molecule has 1 saturated carbocycles. The van der Waals surface area contributed by atoms with Crippen LogP contribution < -0.4 is 14.2 Å². The fourth-order valence-corrected chi connectivity index (χ4v) is 4.25. The molecule has 0 bridgehead atoms. The van der Waals surface area contributed by atoms with Crippen molar-refractivity contribution in [3.8, 4) is 17.2 Å². The fraction of sp³-hybridized carbons (Fsp3) is 0.371. The van der Waals surface area contributed by atoms with Crippen molar-refractivity contribution in [3.05, 3.63) is 85.0 Å². The Hall–Kier alpha value is -4.86. The molecule has 0 saturated heterocycles. The van der Waals surface area contributed by atoms with Gasteiger partial charge in [0.05, 0.1) is 32.8 Å². The monoisotopic (exact) mass is 620 g/mol. The third-order valence-corrected chi connectivity index (χ3v) is 6.59. The molecule has 2 aromatic carbocycles. The molecule has 0 spiro atoms.